The normalized spacial score (nSPS) is 16.5. The molecule has 1 fully saturated rings. The minimum Gasteiger partial charge on any atom is -0.334 e. The number of hydrogen-bond donors (Lipinski definition) is 0. The van der Waals surface area contributed by atoms with E-state index in [1.165, 1.54) is 17.5 Å². The second kappa shape index (κ2) is 10.2. The van der Waals surface area contributed by atoms with Crippen molar-refractivity contribution < 1.29 is 4.79 Å². The van der Waals surface area contributed by atoms with Crippen molar-refractivity contribution >= 4 is 5.91 Å². The molecule has 1 aromatic heterocycles. The lowest BCUT2D eigenvalue weighted by atomic mass is 9.95. The average molecular weight is 403 g/mol. The summed E-state index contributed by atoms with van der Waals surface area (Å²) in [5, 5.41) is 8.39. The summed E-state index contributed by atoms with van der Waals surface area (Å²) >= 11 is 0. The first kappa shape index (κ1) is 20.3. The molecular weight excluding hydrogens is 372 g/mol. The zero-order valence-electron chi connectivity index (χ0n) is 17.5. The Morgan fingerprint density at radius 3 is 2.37 bits per heavy atom. The van der Waals surface area contributed by atoms with Crippen molar-refractivity contribution in [2.24, 2.45) is 0 Å². The van der Waals surface area contributed by atoms with Gasteiger partial charge in [-0.05, 0) is 56.1 Å². The Morgan fingerprint density at radius 2 is 1.63 bits per heavy atom. The summed E-state index contributed by atoms with van der Waals surface area (Å²) in [6.07, 6.45) is 9.12. The van der Waals surface area contributed by atoms with E-state index < -0.39 is 0 Å². The maximum absolute atomic E-state index is 13.1. The first-order valence-corrected chi connectivity index (χ1v) is 11.1. The third-order valence-electron chi connectivity index (χ3n) is 5.95. The van der Waals surface area contributed by atoms with Gasteiger partial charge in [0.2, 0.25) is 0 Å². The molecule has 0 saturated carbocycles. The van der Waals surface area contributed by atoms with Crippen molar-refractivity contribution in [3.63, 3.8) is 0 Å². The van der Waals surface area contributed by atoms with Crippen LogP contribution in [0.15, 0.2) is 66.9 Å². The monoisotopic (exact) mass is 402 g/mol. The number of aromatic nitrogens is 3. The van der Waals surface area contributed by atoms with Crippen LogP contribution in [-0.4, -0.2) is 38.4 Å². The van der Waals surface area contributed by atoms with E-state index in [-0.39, 0.29) is 11.9 Å². The number of nitrogens with zero attached hydrogens (tertiary/aromatic N) is 4. The average Bonchev–Trinajstić information content (AvgIpc) is 3.28. The number of hydrogen-bond acceptors (Lipinski definition) is 3. The first-order valence-electron chi connectivity index (χ1n) is 11.1. The highest BCUT2D eigenvalue weighted by molar-refractivity contribution is 5.92. The largest absolute Gasteiger partial charge is 0.334 e. The van der Waals surface area contributed by atoms with Gasteiger partial charge in [0.1, 0.15) is 0 Å². The lowest BCUT2D eigenvalue weighted by molar-refractivity contribution is 0.0595. The Morgan fingerprint density at radius 1 is 0.933 bits per heavy atom. The molecule has 0 N–H and O–H groups in total. The summed E-state index contributed by atoms with van der Waals surface area (Å²) in [7, 11) is 0. The van der Waals surface area contributed by atoms with Crippen molar-refractivity contribution in [3.05, 3.63) is 83.7 Å². The topological polar surface area (TPSA) is 51.0 Å². The van der Waals surface area contributed by atoms with Gasteiger partial charge in [-0.2, -0.15) is 0 Å². The van der Waals surface area contributed by atoms with Gasteiger partial charge >= 0.3 is 0 Å². The Kier molecular flexibility index (Phi) is 6.91. The van der Waals surface area contributed by atoms with E-state index in [2.05, 4.69) is 58.8 Å². The molecule has 1 aliphatic heterocycles. The predicted octanol–water partition coefficient (Wildman–Crippen LogP) is 4.54. The molecule has 2 aromatic carbocycles. The van der Waals surface area contributed by atoms with Gasteiger partial charge in [0.15, 0.2) is 5.69 Å². The van der Waals surface area contributed by atoms with Crippen LogP contribution in [0.1, 0.15) is 53.7 Å². The lowest BCUT2D eigenvalue weighted by Gasteiger charge is -2.35. The highest BCUT2D eigenvalue weighted by atomic mass is 16.2. The molecule has 156 valence electrons. The van der Waals surface area contributed by atoms with E-state index in [1.54, 1.807) is 4.68 Å². The van der Waals surface area contributed by atoms with E-state index in [0.717, 1.165) is 51.6 Å². The van der Waals surface area contributed by atoms with Crippen LogP contribution in [0, 0.1) is 0 Å². The van der Waals surface area contributed by atoms with Crippen LogP contribution in [0.25, 0.3) is 0 Å². The van der Waals surface area contributed by atoms with Crippen LogP contribution in [-0.2, 0) is 19.4 Å². The number of piperidine rings is 1. The van der Waals surface area contributed by atoms with Gasteiger partial charge < -0.3 is 4.90 Å². The van der Waals surface area contributed by atoms with Gasteiger partial charge in [0.05, 0.1) is 6.20 Å². The summed E-state index contributed by atoms with van der Waals surface area (Å²) in [4.78, 5) is 15.2. The van der Waals surface area contributed by atoms with Gasteiger partial charge in [-0.15, -0.1) is 5.10 Å². The fourth-order valence-electron chi connectivity index (χ4n) is 4.29. The SMILES string of the molecule is O=C(c1cn(CCCc2ccccc2)nn1)N1CCCC[C@@H]1CCc1ccccc1. The van der Waals surface area contributed by atoms with E-state index >= 15 is 0 Å². The smallest absolute Gasteiger partial charge is 0.276 e. The number of likely N-dealkylation sites (tertiary alicyclic amines) is 1. The lowest BCUT2D eigenvalue weighted by Crippen LogP contribution is -2.44. The summed E-state index contributed by atoms with van der Waals surface area (Å²) in [5.74, 6) is 0.0297. The van der Waals surface area contributed by atoms with Crippen molar-refractivity contribution in [3.8, 4) is 0 Å². The fourth-order valence-corrected chi connectivity index (χ4v) is 4.29. The molecular formula is C25H30N4O. The fraction of sp³-hybridized carbons (Fsp3) is 0.400. The van der Waals surface area contributed by atoms with Crippen LogP contribution >= 0.6 is 0 Å². The van der Waals surface area contributed by atoms with Crippen LogP contribution < -0.4 is 0 Å². The Labute approximate surface area is 178 Å². The number of carbonyl (C=O) groups is 1. The van der Waals surface area contributed by atoms with Crippen molar-refractivity contribution in [2.45, 2.75) is 57.5 Å². The van der Waals surface area contributed by atoms with Crippen molar-refractivity contribution in [2.75, 3.05) is 6.54 Å². The van der Waals surface area contributed by atoms with E-state index in [4.69, 9.17) is 0 Å². The second-order valence-corrected chi connectivity index (χ2v) is 8.13. The van der Waals surface area contributed by atoms with E-state index in [9.17, 15) is 4.79 Å². The number of aryl methyl sites for hydroxylation is 3. The minimum atomic E-state index is 0.0297. The molecule has 0 bridgehead atoms. The summed E-state index contributed by atoms with van der Waals surface area (Å²) < 4.78 is 1.80. The van der Waals surface area contributed by atoms with E-state index in [1.807, 2.05) is 23.2 Å². The second-order valence-electron chi connectivity index (χ2n) is 8.13. The van der Waals surface area contributed by atoms with Gasteiger partial charge in [-0.1, -0.05) is 65.9 Å². The molecule has 1 aliphatic rings. The van der Waals surface area contributed by atoms with Gasteiger partial charge in [0.25, 0.3) is 5.91 Å². The molecule has 1 atom stereocenters. The first-order chi connectivity index (χ1) is 14.8. The predicted molar refractivity (Wildman–Crippen MR) is 118 cm³/mol. The quantitative estimate of drug-likeness (QED) is 0.556. The molecule has 1 amide bonds. The van der Waals surface area contributed by atoms with Crippen LogP contribution in [0.4, 0.5) is 0 Å². The Balaban J connectivity index is 1.33. The van der Waals surface area contributed by atoms with Crippen molar-refractivity contribution in [1.82, 2.24) is 19.9 Å². The molecule has 0 radical (unpaired) electrons. The van der Waals surface area contributed by atoms with Crippen molar-refractivity contribution in [1.29, 1.82) is 0 Å². The van der Waals surface area contributed by atoms with Crippen LogP contribution in [0.5, 0.6) is 0 Å². The third-order valence-corrected chi connectivity index (χ3v) is 5.95. The van der Waals surface area contributed by atoms with Gasteiger partial charge in [-0.25, -0.2) is 0 Å². The zero-order chi connectivity index (χ0) is 20.6. The van der Waals surface area contributed by atoms with Crippen LogP contribution in [0.2, 0.25) is 0 Å². The molecule has 0 unspecified atom stereocenters. The highest BCUT2D eigenvalue weighted by Crippen LogP contribution is 2.23. The minimum absolute atomic E-state index is 0.0297. The maximum Gasteiger partial charge on any atom is 0.276 e. The maximum atomic E-state index is 13.1. The zero-order valence-corrected chi connectivity index (χ0v) is 17.5. The molecule has 5 heteroatoms. The molecule has 0 aliphatic carbocycles. The van der Waals surface area contributed by atoms with Gasteiger partial charge in [0, 0.05) is 19.1 Å². The standard InChI is InChI=1S/C25H30N4O/c30-25(24-20-28(27-26-24)18-9-14-21-10-3-1-4-11-21)29-19-8-7-15-23(29)17-16-22-12-5-2-6-13-22/h1-6,10-13,20,23H,7-9,14-19H2/t23-/m1/s1. The number of benzene rings is 2. The van der Waals surface area contributed by atoms with E-state index in [0.29, 0.717) is 5.69 Å². The number of amides is 1. The molecule has 4 rings (SSSR count). The Bertz CT molecular complexity index is 923. The molecule has 5 nitrogen and oxygen atoms in total. The highest BCUT2D eigenvalue weighted by Gasteiger charge is 2.28. The summed E-state index contributed by atoms with van der Waals surface area (Å²) in [6.45, 7) is 1.59. The number of rotatable bonds is 8. The summed E-state index contributed by atoms with van der Waals surface area (Å²) in [5.41, 5.74) is 3.13. The Hall–Kier alpha value is -2.95. The van der Waals surface area contributed by atoms with Gasteiger partial charge in [-0.3, -0.25) is 9.48 Å². The molecule has 1 saturated heterocycles. The molecule has 30 heavy (non-hydrogen) atoms. The summed E-state index contributed by atoms with van der Waals surface area (Å²) in [6, 6.07) is 21.3. The number of carbonyl (C=O) groups excluding carboxylic acids is 1. The van der Waals surface area contributed by atoms with Crippen LogP contribution in [0.3, 0.4) is 0 Å². The third kappa shape index (κ3) is 5.35. The molecule has 3 aromatic rings. The molecule has 0 spiro atoms. The molecule has 2 heterocycles.